The van der Waals surface area contributed by atoms with Crippen molar-refractivity contribution in [1.82, 2.24) is 0 Å². The molecule has 2 rings (SSSR count). The minimum atomic E-state index is -0.0848. The quantitative estimate of drug-likeness (QED) is 0.778. The molecule has 1 fully saturated rings. The minimum absolute atomic E-state index is 0.0848. The van der Waals surface area contributed by atoms with Crippen LogP contribution in [0.5, 0.6) is 0 Å². The van der Waals surface area contributed by atoms with E-state index in [1.165, 1.54) is 24.9 Å². The number of nitrogens with one attached hydrogen (secondary N) is 2. The van der Waals surface area contributed by atoms with Gasteiger partial charge >= 0.3 is 0 Å². The number of hydrogen-bond acceptors (Lipinski definition) is 2. The van der Waals surface area contributed by atoms with E-state index in [1.54, 1.807) is 11.0 Å². The zero-order chi connectivity index (χ0) is 13.7. The Morgan fingerprint density at radius 2 is 1.89 bits per heavy atom. The third kappa shape index (κ3) is 3.83. The summed E-state index contributed by atoms with van der Waals surface area (Å²) in [5.41, 5.74) is 2.07. The Labute approximate surface area is 114 Å². The summed E-state index contributed by atoms with van der Waals surface area (Å²) < 4.78 is 0. The van der Waals surface area contributed by atoms with Crippen LogP contribution >= 0.6 is 0 Å². The molecule has 1 amide bonds. The van der Waals surface area contributed by atoms with Gasteiger partial charge in [0.15, 0.2) is 0 Å². The number of allylic oxidation sites excluding steroid dienone is 1. The number of nitrogens with zero attached hydrogens (tertiary/aromatic N) is 1. The molecule has 0 radical (unpaired) electrons. The van der Waals surface area contributed by atoms with Crippen LogP contribution in [0.4, 0.5) is 11.4 Å². The van der Waals surface area contributed by atoms with Gasteiger partial charge in [0.25, 0.3) is 0 Å². The molecule has 0 saturated carbocycles. The monoisotopic (exact) mass is 260 g/mol. The fourth-order valence-electron chi connectivity index (χ4n) is 2.24. The Kier molecular flexibility index (Phi) is 4.58. The van der Waals surface area contributed by atoms with E-state index >= 15 is 0 Å². The van der Waals surface area contributed by atoms with Gasteiger partial charge < -0.3 is 15.1 Å². The smallest absolute Gasteiger partial charge is 0.248 e. The van der Waals surface area contributed by atoms with Crippen molar-refractivity contribution in [2.45, 2.75) is 6.92 Å². The highest BCUT2D eigenvalue weighted by Gasteiger charge is 2.16. The molecule has 1 saturated heterocycles. The lowest BCUT2D eigenvalue weighted by molar-refractivity contribution is -0.880. The molecule has 102 valence electrons. The second-order valence-electron chi connectivity index (χ2n) is 4.98. The van der Waals surface area contributed by atoms with Crippen LogP contribution in [0.2, 0.25) is 0 Å². The van der Waals surface area contributed by atoms with E-state index in [4.69, 9.17) is 0 Å². The van der Waals surface area contributed by atoms with Gasteiger partial charge in [-0.2, -0.15) is 0 Å². The van der Waals surface area contributed by atoms with Crippen LogP contribution in [0.1, 0.15) is 6.92 Å². The molecule has 1 aliphatic heterocycles. The number of carbonyl (C=O) groups is 1. The second-order valence-corrected chi connectivity index (χ2v) is 4.98. The summed E-state index contributed by atoms with van der Waals surface area (Å²) in [6, 6.07) is 8.07. The highest BCUT2D eigenvalue weighted by Crippen LogP contribution is 2.17. The van der Waals surface area contributed by atoms with Gasteiger partial charge in [0, 0.05) is 11.4 Å². The lowest BCUT2D eigenvalue weighted by atomic mass is 10.2. The SMILES string of the molecule is C/C=C/C(=O)Nc1ccc(N2CC[NH+](C)CC2)cc1. The summed E-state index contributed by atoms with van der Waals surface area (Å²) in [5.74, 6) is -0.0848. The number of amides is 1. The molecule has 0 bridgehead atoms. The van der Waals surface area contributed by atoms with E-state index in [-0.39, 0.29) is 5.91 Å². The topological polar surface area (TPSA) is 36.8 Å². The van der Waals surface area contributed by atoms with E-state index in [0.29, 0.717) is 0 Å². The molecule has 0 spiro atoms. The Balaban J connectivity index is 1.96. The van der Waals surface area contributed by atoms with Crippen LogP contribution < -0.4 is 15.1 Å². The van der Waals surface area contributed by atoms with Gasteiger partial charge in [0.1, 0.15) is 0 Å². The van der Waals surface area contributed by atoms with Crippen LogP contribution in [-0.2, 0) is 4.79 Å². The average Bonchev–Trinajstić information content (AvgIpc) is 2.41. The minimum Gasteiger partial charge on any atom is -0.360 e. The predicted octanol–water partition coefficient (Wildman–Crippen LogP) is 0.536. The maximum atomic E-state index is 11.4. The van der Waals surface area contributed by atoms with E-state index in [1.807, 2.05) is 19.1 Å². The van der Waals surface area contributed by atoms with Crippen molar-refractivity contribution in [1.29, 1.82) is 0 Å². The largest absolute Gasteiger partial charge is 0.360 e. The van der Waals surface area contributed by atoms with Crippen molar-refractivity contribution in [3.05, 3.63) is 36.4 Å². The standard InChI is InChI=1S/C15H21N3O/c1-3-4-15(19)16-13-5-7-14(8-6-13)18-11-9-17(2)10-12-18/h3-8H,9-12H2,1-2H3,(H,16,19)/p+1/b4-3+. The summed E-state index contributed by atoms with van der Waals surface area (Å²) in [4.78, 5) is 15.4. The fraction of sp³-hybridized carbons (Fsp3) is 0.400. The van der Waals surface area contributed by atoms with Gasteiger partial charge in [0.05, 0.1) is 33.2 Å². The number of benzene rings is 1. The molecule has 1 aromatic carbocycles. The maximum Gasteiger partial charge on any atom is 0.248 e. The fourth-order valence-corrected chi connectivity index (χ4v) is 2.24. The Hall–Kier alpha value is -1.81. The first-order valence-corrected chi connectivity index (χ1v) is 6.79. The summed E-state index contributed by atoms with van der Waals surface area (Å²) in [6.07, 6.45) is 3.26. The van der Waals surface area contributed by atoms with Crippen molar-refractivity contribution >= 4 is 17.3 Å². The molecular weight excluding hydrogens is 238 g/mol. The van der Waals surface area contributed by atoms with Gasteiger partial charge in [-0.25, -0.2) is 0 Å². The first-order valence-electron chi connectivity index (χ1n) is 6.79. The molecule has 4 nitrogen and oxygen atoms in total. The molecule has 1 aromatic rings. The van der Waals surface area contributed by atoms with Crippen LogP contribution in [0, 0.1) is 0 Å². The van der Waals surface area contributed by atoms with Crippen molar-refractivity contribution in [3.63, 3.8) is 0 Å². The summed E-state index contributed by atoms with van der Waals surface area (Å²) in [5, 5.41) is 2.83. The van der Waals surface area contributed by atoms with Gasteiger partial charge in [0.2, 0.25) is 5.91 Å². The number of anilines is 2. The molecule has 0 unspecified atom stereocenters. The van der Waals surface area contributed by atoms with Crippen LogP contribution in [0.15, 0.2) is 36.4 Å². The molecule has 2 N–H and O–H groups in total. The number of likely N-dealkylation sites (N-methyl/N-ethyl adjacent to an activating group) is 1. The lowest BCUT2D eigenvalue weighted by Crippen LogP contribution is -3.12. The molecule has 4 heteroatoms. The lowest BCUT2D eigenvalue weighted by Gasteiger charge is -2.31. The maximum absolute atomic E-state index is 11.4. The van der Waals surface area contributed by atoms with Crippen molar-refractivity contribution < 1.29 is 9.69 Å². The molecule has 0 atom stereocenters. The van der Waals surface area contributed by atoms with Crippen LogP contribution in [0.25, 0.3) is 0 Å². The number of rotatable bonds is 3. The Morgan fingerprint density at radius 3 is 2.47 bits per heavy atom. The number of quaternary nitrogens is 1. The van der Waals surface area contributed by atoms with E-state index in [0.717, 1.165) is 18.8 Å². The first kappa shape index (κ1) is 13.6. The van der Waals surface area contributed by atoms with E-state index in [2.05, 4.69) is 29.4 Å². The molecule has 0 aliphatic carbocycles. The summed E-state index contributed by atoms with van der Waals surface area (Å²) in [7, 11) is 2.23. The van der Waals surface area contributed by atoms with Crippen LogP contribution in [0.3, 0.4) is 0 Å². The molecule has 19 heavy (non-hydrogen) atoms. The van der Waals surface area contributed by atoms with E-state index in [9.17, 15) is 4.79 Å². The van der Waals surface area contributed by atoms with E-state index < -0.39 is 0 Å². The summed E-state index contributed by atoms with van der Waals surface area (Å²) in [6.45, 7) is 6.38. The van der Waals surface area contributed by atoms with Gasteiger partial charge in [-0.05, 0) is 37.3 Å². The molecule has 1 heterocycles. The average molecular weight is 260 g/mol. The second kappa shape index (κ2) is 6.38. The van der Waals surface area contributed by atoms with Crippen LogP contribution in [-0.4, -0.2) is 39.1 Å². The number of piperazine rings is 1. The molecule has 0 aromatic heterocycles. The highest BCUT2D eigenvalue weighted by atomic mass is 16.1. The Bertz CT molecular complexity index is 445. The first-order chi connectivity index (χ1) is 9.19. The van der Waals surface area contributed by atoms with Crippen molar-refractivity contribution in [2.24, 2.45) is 0 Å². The molecule has 1 aliphatic rings. The molecular formula is C15H22N3O+. The summed E-state index contributed by atoms with van der Waals surface area (Å²) >= 11 is 0. The predicted molar refractivity (Wildman–Crippen MR) is 78.7 cm³/mol. The number of hydrogen-bond donors (Lipinski definition) is 2. The van der Waals surface area contributed by atoms with Gasteiger partial charge in [-0.1, -0.05) is 6.08 Å². The normalized spacial score (nSPS) is 16.8. The van der Waals surface area contributed by atoms with Gasteiger partial charge in [-0.3, -0.25) is 4.79 Å². The third-order valence-electron chi connectivity index (χ3n) is 3.44. The van der Waals surface area contributed by atoms with Crippen molar-refractivity contribution in [3.8, 4) is 0 Å². The van der Waals surface area contributed by atoms with Gasteiger partial charge in [-0.15, -0.1) is 0 Å². The van der Waals surface area contributed by atoms with Crippen molar-refractivity contribution in [2.75, 3.05) is 43.4 Å². The Morgan fingerprint density at radius 1 is 1.26 bits per heavy atom. The zero-order valence-corrected chi connectivity index (χ0v) is 11.6. The third-order valence-corrected chi connectivity index (χ3v) is 3.44. The zero-order valence-electron chi connectivity index (χ0n) is 11.6. The number of carbonyl (C=O) groups excluding carboxylic acids is 1. The highest BCUT2D eigenvalue weighted by molar-refractivity contribution is 5.99.